The number of amides is 3. The number of nitrogens with two attached hydrogens (primary N) is 1. The highest BCUT2D eigenvalue weighted by Gasteiger charge is 2.24. The number of ether oxygens (including phenoxy) is 4. The van der Waals surface area contributed by atoms with Crippen LogP contribution in [0.15, 0.2) is 82.2 Å². The van der Waals surface area contributed by atoms with E-state index in [9.17, 15) is 48.6 Å². The summed E-state index contributed by atoms with van der Waals surface area (Å²) in [6.45, 7) is 0.0443. The number of carboxylic acid groups (broad SMARTS) is 2. The monoisotopic (exact) mass is 1030 g/mol. The van der Waals surface area contributed by atoms with E-state index in [1.807, 2.05) is 0 Å². The maximum absolute atomic E-state index is 14.3. The molecule has 4 aromatic heterocycles. The number of nitrogens with one attached hydrogen (secondary N) is 4. The molecule has 5 heterocycles. The summed E-state index contributed by atoms with van der Waals surface area (Å²) in [5.74, 6) is -3.77. The lowest BCUT2D eigenvalue weighted by molar-refractivity contribution is -0.139. The van der Waals surface area contributed by atoms with Crippen LogP contribution in [-0.2, 0) is 37.1 Å². The quantitative estimate of drug-likeness (QED) is 0.0291. The van der Waals surface area contributed by atoms with Crippen molar-refractivity contribution in [2.45, 2.75) is 51.2 Å². The van der Waals surface area contributed by atoms with Crippen LogP contribution in [0.3, 0.4) is 0 Å². The summed E-state index contributed by atoms with van der Waals surface area (Å²) < 4.78 is 23.7. The van der Waals surface area contributed by atoms with Gasteiger partial charge in [-0.25, -0.2) is 19.6 Å². The number of hydrogen-bond acceptors (Lipinski definition) is 18. The van der Waals surface area contributed by atoms with Crippen LogP contribution in [0.25, 0.3) is 43.7 Å². The number of carbonyl (C=O) groups is 6. The topological polar surface area (TPSA) is 352 Å². The number of H-pyrrole nitrogens is 1. The number of nitrogen functional groups attached to an aromatic ring is 1. The Bertz CT molecular complexity index is 3600. The summed E-state index contributed by atoms with van der Waals surface area (Å²) in [7, 11) is 4.35. The lowest BCUT2D eigenvalue weighted by Gasteiger charge is -2.20. The number of Topliss-reactive ketones (excluding diaryl/α,β-unsaturated/α-hetero) is 1. The minimum absolute atomic E-state index is 0.0113. The molecule has 0 radical (unpaired) electrons. The number of hydrogen-bond donors (Lipinski definition) is 7. The van der Waals surface area contributed by atoms with Crippen LogP contribution in [0, 0.1) is 0 Å². The van der Waals surface area contributed by atoms with Crippen molar-refractivity contribution in [3.63, 3.8) is 0 Å². The van der Waals surface area contributed by atoms with Crippen molar-refractivity contribution in [3.8, 4) is 23.0 Å². The summed E-state index contributed by atoms with van der Waals surface area (Å²) in [6, 6.07) is 11.4. The molecule has 0 bridgehead atoms. The van der Waals surface area contributed by atoms with Gasteiger partial charge in [0, 0.05) is 85.3 Å². The molecule has 8 rings (SSSR count). The fraction of sp³-hybridized carbons (Fsp3) is 0.280. The number of fused-ring (bicyclic) bond motifs is 7. The Balaban J connectivity index is 0.812. The maximum atomic E-state index is 14.3. The van der Waals surface area contributed by atoms with Gasteiger partial charge in [0.15, 0.2) is 34.2 Å². The van der Waals surface area contributed by atoms with E-state index in [0.29, 0.717) is 67.0 Å². The van der Waals surface area contributed by atoms with Gasteiger partial charge in [0.25, 0.3) is 17.0 Å². The van der Waals surface area contributed by atoms with Crippen molar-refractivity contribution >= 4 is 90.8 Å². The zero-order chi connectivity index (χ0) is 53.5. The second kappa shape index (κ2) is 22.4. The van der Waals surface area contributed by atoms with Crippen molar-refractivity contribution in [1.82, 2.24) is 45.0 Å². The molecule has 25 nitrogen and oxygen atoms in total. The number of nitrogens with zero attached hydrogens (tertiary/aromatic N) is 6. The van der Waals surface area contributed by atoms with E-state index in [1.54, 1.807) is 42.6 Å². The SMILES string of the molecule is COc1cc2c(=O)n(CCN(C)C(=O)/C=C(/CC(=O)NCCCC(=O)CC[C@H](NC(=O)c3ccc(NCc4cnc5nc(N)[nH]c(=O)c5n4)cc3)C(=O)O)C(=O)O)c3c4cc5c(cc4ncc3c2cc1OC)OCO5. The van der Waals surface area contributed by atoms with Gasteiger partial charge >= 0.3 is 11.9 Å². The number of pyridine rings is 2. The first-order valence-electron chi connectivity index (χ1n) is 23.2. The molecule has 1 aliphatic rings. The molecular formula is C50H49N11O14. The number of rotatable bonds is 22. The highest BCUT2D eigenvalue weighted by Crippen LogP contribution is 2.40. The molecule has 0 unspecified atom stereocenters. The van der Waals surface area contributed by atoms with Gasteiger partial charge in [-0.15, -0.1) is 0 Å². The number of carbonyl (C=O) groups excluding carboxylic acids is 4. The molecular weight excluding hydrogens is 979 g/mol. The first-order chi connectivity index (χ1) is 36.0. The number of aromatic nitrogens is 6. The number of anilines is 2. The molecule has 1 aliphatic heterocycles. The second-order valence-electron chi connectivity index (χ2n) is 17.2. The summed E-state index contributed by atoms with van der Waals surface area (Å²) in [4.78, 5) is 123. The molecule has 3 aromatic carbocycles. The van der Waals surface area contributed by atoms with Crippen LogP contribution in [0.1, 0.15) is 48.2 Å². The van der Waals surface area contributed by atoms with Gasteiger partial charge in [-0.2, -0.15) is 4.98 Å². The van der Waals surface area contributed by atoms with Crippen LogP contribution >= 0.6 is 0 Å². The number of ketones is 1. The van der Waals surface area contributed by atoms with E-state index in [4.69, 9.17) is 24.7 Å². The average molecular weight is 1030 g/mol. The highest BCUT2D eigenvalue weighted by molar-refractivity contribution is 6.15. The number of likely N-dealkylation sites (N-methyl/N-ethyl adjacent to an activating group) is 1. The van der Waals surface area contributed by atoms with E-state index in [1.165, 1.54) is 49.1 Å². The minimum Gasteiger partial charge on any atom is -0.493 e. The van der Waals surface area contributed by atoms with Crippen molar-refractivity contribution < 1.29 is 57.9 Å². The van der Waals surface area contributed by atoms with E-state index in [2.05, 4.69) is 40.9 Å². The maximum Gasteiger partial charge on any atom is 0.332 e. The Morgan fingerprint density at radius 2 is 1.63 bits per heavy atom. The van der Waals surface area contributed by atoms with Crippen LogP contribution < -0.4 is 51.8 Å². The molecule has 75 heavy (non-hydrogen) atoms. The van der Waals surface area contributed by atoms with Gasteiger partial charge in [-0.3, -0.25) is 38.7 Å². The Hall–Kier alpha value is -9.68. The predicted octanol–water partition coefficient (Wildman–Crippen LogP) is 2.66. The number of benzene rings is 3. The van der Waals surface area contributed by atoms with Crippen LogP contribution in [-0.4, -0.2) is 127 Å². The lowest BCUT2D eigenvalue weighted by Crippen LogP contribution is -2.41. The molecule has 7 aromatic rings. The fourth-order valence-electron chi connectivity index (χ4n) is 8.27. The summed E-state index contributed by atoms with van der Waals surface area (Å²) in [5, 5.41) is 29.8. The van der Waals surface area contributed by atoms with Crippen LogP contribution in [0.2, 0.25) is 0 Å². The van der Waals surface area contributed by atoms with Gasteiger partial charge in [0.1, 0.15) is 11.8 Å². The first kappa shape index (κ1) is 51.7. The Morgan fingerprint density at radius 3 is 2.33 bits per heavy atom. The Kier molecular flexibility index (Phi) is 15.4. The fourth-order valence-corrected chi connectivity index (χ4v) is 8.27. The molecule has 0 saturated carbocycles. The largest absolute Gasteiger partial charge is 0.493 e. The van der Waals surface area contributed by atoms with E-state index in [-0.39, 0.29) is 87.1 Å². The number of aliphatic carboxylic acids is 2. The third kappa shape index (κ3) is 11.7. The van der Waals surface area contributed by atoms with Gasteiger partial charge in [-0.1, -0.05) is 0 Å². The molecule has 0 fully saturated rings. The standard InChI is InChI=1S/C50H49N11O14/c1-60(13-14-61-43-32-19-38-39(75-24-74-38)20-35(32)54-23-33(43)30-17-36(72-2)37(73-3)18-31(30)47(61)67)41(64)16-26(48(68)69)15-40(63)52-12-4-5-29(62)10-11-34(49(70)71)57-45(65)25-6-8-27(9-7-25)53-21-28-22-55-44-42(56-28)46(66)59-50(51)58-44/h6-9,16-20,22-23,34,53H,4-5,10-15,21,24H2,1-3H3,(H,52,63)(H,57,65)(H,68,69)(H,70,71)(H3,51,55,58,59,66)/b26-16-/t34-/m0/s1. The second-order valence-corrected chi connectivity index (χ2v) is 17.2. The molecule has 3 amide bonds. The first-order valence-corrected chi connectivity index (χ1v) is 23.2. The minimum atomic E-state index is -1.51. The number of aromatic amines is 1. The molecule has 1 atom stereocenters. The Morgan fingerprint density at radius 1 is 0.907 bits per heavy atom. The van der Waals surface area contributed by atoms with E-state index in [0.717, 1.165) is 6.08 Å². The molecule has 388 valence electrons. The van der Waals surface area contributed by atoms with Crippen molar-refractivity contribution in [2.24, 2.45) is 0 Å². The van der Waals surface area contributed by atoms with E-state index >= 15 is 0 Å². The average Bonchev–Trinajstić information content (AvgIpc) is 3.86. The summed E-state index contributed by atoms with van der Waals surface area (Å²) in [5.41, 5.74) is 6.39. The molecule has 8 N–H and O–H groups in total. The zero-order valence-electron chi connectivity index (χ0n) is 40.6. The summed E-state index contributed by atoms with van der Waals surface area (Å²) in [6.07, 6.45) is 2.90. The van der Waals surface area contributed by atoms with Crippen LogP contribution in [0.5, 0.6) is 23.0 Å². The van der Waals surface area contributed by atoms with Gasteiger partial charge in [0.2, 0.25) is 24.6 Å². The number of carboxylic acids is 2. The predicted molar refractivity (Wildman–Crippen MR) is 270 cm³/mol. The molecule has 25 heteroatoms. The van der Waals surface area contributed by atoms with Crippen molar-refractivity contribution in [3.05, 3.63) is 105 Å². The van der Waals surface area contributed by atoms with Gasteiger partial charge in [0.05, 0.1) is 61.1 Å². The highest BCUT2D eigenvalue weighted by atomic mass is 16.7. The Labute approximate surface area is 423 Å². The smallest absolute Gasteiger partial charge is 0.332 e. The normalized spacial score (nSPS) is 12.4. The zero-order valence-corrected chi connectivity index (χ0v) is 40.6. The van der Waals surface area contributed by atoms with E-state index < -0.39 is 58.8 Å². The third-order valence-corrected chi connectivity index (χ3v) is 12.2. The van der Waals surface area contributed by atoms with Gasteiger partial charge in [-0.05, 0) is 55.3 Å². The van der Waals surface area contributed by atoms with Crippen molar-refractivity contribution in [2.75, 3.05) is 52.2 Å². The van der Waals surface area contributed by atoms with Crippen LogP contribution in [0.4, 0.5) is 11.6 Å². The molecule has 0 spiro atoms. The van der Waals surface area contributed by atoms with Gasteiger partial charge < -0.3 is 60.3 Å². The van der Waals surface area contributed by atoms with Crippen molar-refractivity contribution in [1.29, 1.82) is 0 Å². The molecule has 0 aliphatic carbocycles. The third-order valence-electron chi connectivity index (χ3n) is 12.2. The summed E-state index contributed by atoms with van der Waals surface area (Å²) >= 11 is 0. The number of methoxy groups -OCH3 is 2. The molecule has 0 saturated heterocycles. The lowest BCUT2D eigenvalue weighted by atomic mass is 10.0.